The first kappa shape index (κ1) is 19.3. The molecule has 148 valence electrons. The summed E-state index contributed by atoms with van der Waals surface area (Å²) in [5.41, 5.74) is 1.91. The fraction of sp³-hybridized carbons (Fsp3) is 0.211. The molecule has 1 aliphatic heterocycles. The smallest absolute Gasteiger partial charge is 0.318 e. The lowest BCUT2D eigenvalue weighted by molar-refractivity contribution is -0.138. The Balaban J connectivity index is 1.46. The Hall–Kier alpha value is -2.98. The molecule has 0 aliphatic carbocycles. The molecule has 0 radical (unpaired) electrons. The van der Waals surface area contributed by atoms with Gasteiger partial charge in [0.05, 0.1) is 5.75 Å². The van der Waals surface area contributed by atoms with Gasteiger partial charge in [-0.1, -0.05) is 49.0 Å². The van der Waals surface area contributed by atoms with Crippen molar-refractivity contribution < 1.29 is 14.4 Å². The Labute approximate surface area is 174 Å². The van der Waals surface area contributed by atoms with Gasteiger partial charge in [0.25, 0.3) is 5.91 Å². The Bertz CT molecular complexity index is 1090. The summed E-state index contributed by atoms with van der Waals surface area (Å²) in [5, 5.41) is 6.95. The molecule has 8 nitrogen and oxygen atoms in total. The van der Waals surface area contributed by atoms with Crippen molar-refractivity contribution in [1.82, 2.24) is 25.7 Å². The molecule has 4 rings (SSSR count). The number of carbonyl (C=O) groups is 3. The van der Waals surface area contributed by atoms with E-state index in [9.17, 15) is 14.4 Å². The SMILES string of the molecule is CCC1(c2ccccc2)NC(=O)N(NC(=O)CSc2ncnc3sccc23)C1=O. The van der Waals surface area contributed by atoms with E-state index in [-0.39, 0.29) is 5.75 Å². The van der Waals surface area contributed by atoms with Crippen molar-refractivity contribution in [3.8, 4) is 0 Å². The number of thiophene rings is 1. The largest absolute Gasteiger partial charge is 0.344 e. The summed E-state index contributed by atoms with van der Waals surface area (Å²) in [4.78, 5) is 47.1. The summed E-state index contributed by atoms with van der Waals surface area (Å²) in [5.74, 6) is -0.971. The maximum Gasteiger partial charge on any atom is 0.344 e. The third kappa shape index (κ3) is 3.45. The molecule has 3 aromatic rings. The molecule has 1 aliphatic rings. The van der Waals surface area contributed by atoms with Crippen molar-refractivity contribution in [3.05, 3.63) is 53.7 Å². The number of hydrogen-bond donors (Lipinski definition) is 2. The van der Waals surface area contributed by atoms with Crippen LogP contribution in [0.5, 0.6) is 0 Å². The molecule has 2 aromatic heterocycles. The third-order valence-corrected chi connectivity index (χ3v) is 6.52. The fourth-order valence-electron chi connectivity index (χ4n) is 3.21. The average Bonchev–Trinajstić information content (AvgIpc) is 3.32. The molecule has 0 bridgehead atoms. The van der Waals surface area contributed by atoms with E-state index in [1.54, 1.807) is 24.3 Å². The van der Waals surface area contributed by atoms with E-state index in [0.717, 1.165) is 15.2 Å². The molecule has 1 atom stereocenters. The molecule has 1 fully saturated rings. The number of urea groups is 1. The summed E-state index contributed by atoms with van der Waals surface area (Å²) in [6.45, 7) is 1.81. The van der Waals surface area contributed by atoms with E-state index in [2.05, 4.69) is 20.7 Å². The molecule has 2 N–H and O–H groups in total. The van der Waals surface area contributed by atoms with Crippen LogP contribution in [0.1, 0.15) is 18.9 Å². The zero-order valence-electron chi connectivity index (χ0n) is 15.4. The molecule has 1 unspecified atom stereocenters. The molecule has 29 heavy (non-hydrogen) atoms. The third-order valence-electron chi connectivity index (χ3n) is 4.69. The number of nitrogens with one attached hydrogen (secondary N) is 2. The highest BCUT2D eigenvalue weighted by atomic mass is 32.2. The predicted octanol–water partition coefficient (Wildman–Crippen LogP) is 2.67. The number of nitrogens with zero attached hydrogens (tertiary/aromatic N) is 3. The van der Waals surface area contributed by atoms with Gasteiger partial charge in [-0.15, -0.1) is 11.3 Å². The van der Waals surface area contributed by atoms with Crippen LogP contribution < -0.4 is 10.7 Å². The minimum atomic E-state index is -1.19. The van der Waals surface area contributed by atoms with E-state index in [0.29, 0.717) is 17.0 Å². The number of thioether (sulfide) groups is 1. The second kappa shape index (κ2) is 7.80. The lowest BCUT2D eigenvalue weighted by atomic mass is 9.87. The molecule has 1 aromatic carbocycles. The van der Waals surface area contributed by atoms with E-state index < -0.39 is 23.4 Å². The topological polar surface area (TPSA) is 104 Å². The maximum atomic E-state index is 13.0. The van der Waals surface area contributed by atoms with Crippen molar-refractivity contribution in [1.29, 1.82) is 0 Å². The van der Waals surface area contributed by atoms with E-state index in [1.807, 2.05) is 24.4 Å². The van der Waals surface area contributed by atoms with Crippen LogP contribution >= 0.6 is 23.1 Å². The van der Waals surface area contributed by atoms with Crippen LogP contribution in [-0.2, 0) is 15.1 Å². The zero-order chi connectivity index (χ0) is 20.4. The number of rotatable bonds is 6. The molecular weight excluding hydrogens is 410 g/mol. The van der Waals surface area contributed by atoms with Crippen LogP contribution in [0.2, 0.25) is 0 Å². The van der Waals surface area contributed by atoms with Crippen molar-refractivity contribution >= 4 is 51.2 Å². The molecule has 0 saturated carbocycles. The normalized spacial score (nSPS) is 18.9. The van der Waals surface area contributed by atoms with Crippen LogP contribution in [0.3, 0.4) is 0 Å². The molecule has 0 spiro atoms. The highest BCUT2D eigenvalue weighted by molar-refractivity contribution is 8.00. The molecule has 4 amide bonds. The lowest BCUT2D eigenvalue weighted by Crippen LogP contribution is -2.49. The highest BCUT2D eigenvalue weighted by Gasteiger charge is 2.52. The van der Waals surface area contributed by atoms with Crippen LogP contribution in [0, 0.1) is 0 Å². The van der Waals surface area contributed by atoms with Crippen molar-refractivity contribution in [2.24, 2.45) is 0 Å². The standard InChI is InChI=1S/C19H17N5O3S2/c1-2-19(12-6-4-3-5-7-12)17(26)24(18(27)22-19)23-14(25)10-29-16-13-8-9-28-15(13)20-11-21-16/h3-9,11H,2,10H2,1H3,(H,22,27)(H,23,25). The number of amides is 4. The summed E-state index contributed by atoms with van der Waals surface area (Å²) in [6.07, 6.45) is 1.81. The quantitative estimate of drug-likeness (QED) is 0.356. The summed E-state index contributed by atoms with van der Waals surface area (Å²) in [6, 6.07) is 10.2. The number of hydrazine groups is 1. The monoisotopic (exact) mass is 427 g/mol. The first-order chi connectivity index (χ1) is 14.0. The predicted molar refractivity (Wildman–Crippen MR) is 110 cm³/mol. The number of benzene rings is 1. The van der Waals surface area contributed by atoms with Gasteiger partial charge in [-0.25, -0.2) is 14.8 Å². The van der Waals surface area contributed by atoms with E-state index >= 15 is 0 Å². The fourth-order valence-corrected chi connectivity index (χ4v) is 4.78. The maximum absolute atomic E-state index is 13.0. The first-order valence-electron chi connectivity index (χ1n) is 8.88. The second-order valence-electron chi connectivity index (χ2n) is 6.34. The number of fused-ring (bicyclic) bond motifs is 1. The van der Waals surface area contributed by atoms with Crippen molar-refractivity contribution in [2.45, 2.75) is 23.9 Å². The minimum absolute atomic E-state index is 0.00345. The molecule has 1 saturated heterocycles. The van der Waals surface area contributed by atoms with Gasteiger partial charge in [0, 0.05) is 5.39 Å². The van der Waals surface area contributed by atoms with Crippen molar-refractivity contribution in [3.63, 3.8) is 0 Å². The minimum Gasteiger partial charge on any atom is -0.318 e. The Kier molecular flexibility index (Phi) is 5.20. The van der Waals surface area contributed by atoms with Gasteiger partial charge < -0.3 is 5.32 Å². The second-order valence-corrected chi connectivity index (χ2v) is 8.20. The Morgan fingerprint density at radius 3 is 2.79 bits per heavy atom. The number of carbonyl (C=O) groups excluding carboxylic acids is 3. The van der Waals surface area contributed by atoms with E-state index in [4.69, 9.17) is 0 Å². The summed E-state index contributed by atoms with van der Waals surface area (Å²) < 4.78 is 0. The Morgan fingerprint density at radius 1 is 1.24 bits per heavy atom. The van der Waals surface area contributed by atoms with Gasteiger partial charge >= 0.3 is 6.03 Å². The van der Waals surface area contributed by atoms with Gasteiger partial charge in [-0.2, -0.15) is 5.01 Å². The number of imide groups is 1. The summed E-state index contributed by atoms with van der Waals surface area (Å²) in [7, 11) is 0. The first-order valence-corrected chi connectivity index (χ1v) is 10.7. The van der Waals surface area contributed by atoms with Crippen LogP contribution in [0.15, 0.2) is 53.1 Å². The van der Waals surface area contributed by atoms with Gasteiger partial charge in [0.15, 0.2) is 0 Å². The molecule has 3 heterocycles. The van der Waals surface area contributed by atoms with Gasteiger partial charge in [-0.3, -0.25) is 15.0 Å². The van der Waals surface area contributed by atoms with Crippen molar-refractivity contribution in [2.75, 3.05) is 5.75 Å². The number of aromatic nitrogens is 2. The Morgan fingerprint density at radius 2 is 2.03 bits per heavy atom. The zero-order valence-corrected chi connectivity index (χ0v) is 17.0. The highest BCUT2D eigenvalue weighted by Crippen LogP contribution is 2.32. The van der Waals surface area contributed by atoms with Crippen LogP contribution in [0.4, 0.5) is 4.79 Å². The van der Waals surface area contributed by atoms with Gasteiger partial charge in [0.2, 0.25) is 5.91 Å². The van der Waals surface area contributed by atoms with Crippen LogP contribution in [-0.4, -0.2) is 38.6 Å². The van der Waals surface area contributed by atoms with Gasteiger partial charge in [0.1, 0.15) is 21.7 Å². The number of hydrogen-bond acceptors (Lipinski definition) is 7. The molecular formula is C19H17N5O3S2. The van der Waals surface area contributed by atoms with Crippen LogP contribution in [0.25, 0.3) is 10.2 Å². The molecule has 10 heteroatoms. The van der Waals surface area contributed by atoms with Gasteiger partial charge in [-0.05, 0) is 23.4 Å². The average molecular weight is 428 g/mol. The lowest BCUT2D eigenvalue weighted by Gasteiger charge is -2.25. The van der Waals surface area contributed by atoms with E-state index in [1.165, 1.54) is 29.4 Å². The summed E-state index contributed by atoms with van der Waals surface area (Å²) >= 11 is 2.72.